The topological polar surface area (TPSA) is 75.6 Å². The van der Waals surface area contributed by atoms with Gasteiger partial charge >= 0.3 is 5.97 Å². The summed E-state index contributed by atoms with van der Waals surface area (Å²) in [5.41, 5.74) is 1.76. The van der Waals surface area contributed by atoms with E-state index in [0.717, 1.165) is 17.7 Å². The lowest BCUT2D eigenvalue weighted by Gasteiger charge is -2.09. The lowest BCUT2D eigenvalue weighted by Crippen LogP contribution is -2.21. The number of carbonyl (C=O) groups excluding carboxylic acids is 1. The zero-order chi connectivity index (χ0) is 12.7. The van der Waals surface area contributed by atoms with Crippen LogP contribution in [0.5, 0.6) is 0 Å². The van der Waals surface area contributed by atoms with Crippen molar-refractivity contribution in [2.45, 2.75) is 13.3 Å². The maximum atomic E-state index is 11.4. The van der Waals surface area contributed by atoms with E-state index in [4.69, 9.17) is 9.84 Å². The number of aryl methyl sites for hydroxylation is 1. The van der Waals surface area contributed by atoms with Gasteiger partial charge < -0.3 is 15.2 Å². The molecule has 0 spiro atoms. The van der Waals surface area contributed by atoms with Gasteiger partial charge in [-0.25, -0.2) is 4.79 Å². The minimum Gasteiger partial charge on any atom is -0.480 e. The second-order valence-electron chi connectivity index (χ2n) is 3.45. The van der Waals surface area contributed by atoms with E-state index in [9.17, 15) is 9.59 Å². The number of carboxylic acid groups (broad SMARTS) is 1. The number of carboxylic acids is 1. The van der Waals surface area contributed by atoms with Crippen LogP contribution in [0.1, 0.15) is 12.5 Å². The third-order valence-electron chi connectivity index (χ3n) is 2.13. The van der Waals surface area contributed by atoms with Gasteiger partial charge in [0.15, 0.2) is 0 Å². The lowest BCUT2D eigenvalue weighted by molar-refractivity contribution is -0.143. The van der Waals surface area contributed by atoms with Gasteiger partial charge in [-0.05, 0) is 18.1 Å². The molecule has 5 nitrogen and oxygen atoms in total. The van der Waals surface area contributed by atoms with Crippen LogP contribution >= 0.6 is 0 Å². The number of carbonyl (C=O) groups is 2. The molecule has 0 bridgehead atoms. The Morgan fingerprint density at radius 3 is 2.65 bits per heavy atom. The Morgan fingerprint density at radius 1 is 1.29 bits per heavy atom. The highest BCUT2D eigenvalue weighted by atomic mass is 16.5. The molecule has 0 heterocycles. The second kappa shape index (κ2) is 6.65. The minimum absolute atomic E-state index is 0.260. The molecule has 0 atom stereocenters. The van der Waals surface area contributed by atoms with Crippen molar-refractivity contribution in [1.82, 2.24) is 0 Å². The molecule has 2 N–H and O–H groups in total. The first kappa shape index (κ1) is 13.2. The number of amides is 1. The number of para-hydroxylation sites is 1. The van der Waals surface area contributed by atoms with E-state index in [1.807, 2.05) is 25.1 Å². The number of benzene rings is 1. The largest absolute Gasteiger partial charge is 0.480 e. The van der Waals surface area contributed by atoms with Gasteiger partial charge in [0.25, 0.3) is 0 Å². The van der Waals surface area contributed by atoms with Crippen molar-refractivity contribution >= 4 is 17.6 Å². The summed E-state index contributed by atoms with van der Waals surface area (Å²) in [7, 11) is 0. The van der Waals surface area contributed by atoms with E-state index >= 15 is 0 Å². The first-order valence-electron chi connectivity index (χ1n) is 5.30. The zero-order valence-corrected chi connectivity index (χ0v) is 9.60. The summed E-state index contributed by atoms with van der Waals surface area (Å²) in [5.74, 6) is -1.45. The Kier molecular flexibility index (Phi) is 5.16. The van der Waals surface area contributed by atoms with Crippen LogP contribution in [0.3, 0.4) is 0 Å². The molecule has 0 unspecified atom stereocenters. The molecular weight excluding hydrogens is 222 g/mol. The number of hydrogen-bond donors (Lipinski definition) is 2. The zero-order valence-electron chi connectivity index (χ0n) is 9.60. The van der Waals surface area contributed by atoms with Gasteiger partial charge in [0, 0.05) is 5.69 Å². The maximum Gasteiger partial charge on any atom is 0.329 e. The van der Waals surface area contributed by atoms with E-state index in [0.29, 0.717) is 0 Å². The average molecular weight is 237 g/mol. The molecule has 0 fully saturated rings. The van der Waals surface area contributed by atoms with Crippen molar-refractivity contribution in [2.75, 3.05) is 18.5 Å². The van der Waals surface area contributed by atoms with Gasteiger partial charge in [-0.1, -0.05) is 25.1 Å². The van der Waals surface area contributed by atoms with Crippen molar-refractivity contribution in [3.8, 4) is 0 Å². The van der Waals surface area contributed by atoms with Crippen LogP contribution < -0.4 is 5.32 Å². The number of anilines is 1. The number of nitrogens with one attached hydrogen (secondary N) is 1. The van der Waals surface area contributed by atoms with Crippen LogP contribution in [-0.4, -0.2) is 30.2 Å². The van der Waals surface area contributed by atoms with Crippen LogP contribution in [0.15, 0.2) is 24.3 Å². The Morgan fingerprint density at radius 2 is 2.00 bits per heavy atom. The van der Waals surface area contributed by atoms with Crippen molar-refractivity contribution in [3.05, 3.63) is 29.8 Å². The van der Waals surface area contributed by atoms with Gasteiger partial charge in [0.1, 0.15) is 13.2 Å². The van der Waals surface area contributed by atoms with Crippen LogP contribution in [-0.2, 0) is 20.7 Å². The molecule has 0 saturated carbocycles. The van der Waals surface area contributed by atoms with E-state index in [1.165, 1.54) is 0 Å². The molecule has 0 aliphatic heterocycles. The van der Waals surface area contributed by atoms with Gasteiger partial charge in [0.2, 0.25) is 5.91 Å². The fraction of sp³-hybridized carbons (Fsp3) is 0.333. The fourth-order valence-corrected chi connectivity index (χ4v) is 1.37. The molecule has 1 aromatic carbocycles. The van der Waals surface area contributed by atoms with E-state index in [2.05, 4.69) is 5.32 Å². The van der Waals surface area contributed by atoms with Gasteiger partial charge in [-0.2, -0.15) is 0 Å². The summed E-state index contributed by atoms with van der Waals surface area (Å²) < 4.78 is 4.69. The summed E-state index contributed by atoms with van der Waals surface area (Å²) >= 11 is 0. The summed E-state index contributed by atoms with van der Waals surface area (Å²) in [5, 5.41) is 11.0. The lowest BCUT2D eigenvalue weighted by atomic mass is 10.1. The molecule has 0 aliphatic rings. The Balaban J connectivity index is 2.47. The predicted octanol–water partition coefficient (Wildman–Crippen LogP) is 1.29. The number of aliphatic carboxylic acids is 1. The fourth-order valence-electron chi connectivity index (χ4n) is 1.37. The van der Waals surface area contributed by atoms with Crippen LogP contribution in [0.4, 0.5) is 5.69 Å². The number of hydrogen-bond acceptors (Lipinski definition) is 3. The monoisotopic (exact) mass is 237 g/mol. The molecule has 0 radical (unpaired) electrons. The highest BCUT2D eigenvalue weighted by Gasteiger charge is 2.06. The summed E-state index contributed by atoms with van der Waals surface area (Å²) in [4.78, 5) is 21.6. The van der Waals surface area contributed by atoms with Crippen LogP contribution in [0.2, 0.25) is 0 Å². The van der Waals surface area contributed by atoms with Gasteiger partial charge in [0.05, 0.1) is 0 Å². The molecule has 1 rings (SSSR count). The second-order valence-corrected chi connectivity index (χ2v) is 3.45. The molecule has 1 amide bonds. The van der Waals surface area contributed by atoms with Crippen LogP contribution in [0.25, 0.3) is 0 Å². The molecule has 17 heavy (non-hydrogen) atoms. The molecule has 5 heteroatoms. The number of rotatable bonds is 6. The molecular formula is C12H15NO4. The van der Waals surface area contributed by atoms with Crippen molar-refractivity contribution < 1.29 is 19.4 Å². The Labute approximate surface area is 99.4 Å². The van der Waals surface area contributed by atoms with E-state index in [1.54, 1.807) is 6.07 Å². The highest BCUT2D eigenvalue weighted by molar-refractivity contribution is 5.92. The van der Waals surface area contributed by atoms with Crippen LogP contribution in [0, 0.1) is 0 Å². The first-order valence-corrected chi connectivity index (χ1v) is 5.30. The SMILES string of the molecule is CCc1ccccc1NC(=O)COCC(=O)O. The highest BCUT2D eigenvalue weighted by Crippen LogP contribution is 2.14. The van der Waals surface area contributed by atoms with Crippen molar-refractivity contribution in [1.29, 1.82) is 0 Å². The normalized spacial score (nSPS) is 9.94. The average Bonchev–Trinajstić information content (AvgIpc) is 2.29. The standard InChI is InChI=1S/C12H15NO4/c1-2-9-5-3-4-6-10(9)13-11(14)7-17-8-12(15)16/h3-6H,2,7-8H2,1H3,(H,13,14)(H,15,16). The minimum atomic E-state index is -1.09. The summed E-state index contributed by atoms with van der Waals surface area (Å²) in [6.07, 6.45) is 0.812. The van der Waals surface area contributed by atoms with Gasteiger partial charge in [-0.15, -0.1) is 0 Å². The maximum absolute atomic E-state index is 11.4. The van der Waals surface area contributed by atoms with Gasteiger partial charge in [-0.3, -0.25) is 4.79 Å². The number of ether oxygens (including phenoxy) is 1. The summed E-state index contributed by atoms with van der Waals surface area (Å²) in [6.45, 7) is 1.26. The first-order chi connectivity index (χ1) is 8.13. The molecule has 92 valence electrons. The van der Waals surface area contributed by atoms with Crippen molar-refractivity contribution in [2.24, 2.45) is 0 Å². The third kappa shape index (κ3) is 4.65. The molecule has 0 saturated heterocycles. The van der Waals surface area contributed by atoms with E-state index < -0.39 is 12.6 Å². The Bertz CT molecular complexity index is 403. The third-order valence-corrected chi connectivity index (χ3v) is 2.13. The smallest absolute Gasteiger partial charge is 0.329 e. The predicted molar refractivity (Wildman–Crippen MR) is 62.9 cm³/mol. The molecule has 0 aliphatic carbocycles. The Hall–Kier alpha value is -1.88. The molecule has 0 aromatic heterocycles. The quantitative estimate of drug-likeness (QED) is 0.781. The van der Waals surface area contributed by atoms with E-state index in [-0.39, 0.29) is 12.5 Å². The summed E-state index contributed by atoms with van der Waals surface area (Å²) in [6, 6.07) is 7.45. The van der Waals surface area contributed by atoms with Crippen molar-refractivity contribution in [3.63, 3.8) is 0 Å². The molecule has 1 aromatic rings.